The molecule has 0 N–H and O–H groups in total. The Hall–Kier alpha value is -1.84. The van der Waals surface area contributed by atoms with Crippen LogP contribution >= 0.6 is 0 Å². The Labute approximate surface area is 150 Å². The predicted molar refractivity (Wildman–Crippen MR) is 97.1 cm³/mol. The van der Waals surface area contributed by atoms with Crippen molar-refractivity contribution in [2.75, 3.05) is 13.2 Å². The van der Waals surface area contributed by atoms with Crippen LogP contribution < -0.4 is 0 Å². The molecule has 0 atom stereocenters. The molecule has 1 aliphatic carbocycles. The fourth-order valence-corrected chi connectivity index (χ4v) is 3.19. The minimum Gasteiger partial charge on any atom is -0.466 e. The lowest BCUT2D eigenvalue weighted by Gasteiger charge is -2.20. The molecule has 0 unspecified atom stereocenters. The largest absolute Gasteiger partial charge is 0.466 e. The molecule has 1 fully saturated rings. The lowest BCUT2D eigenvalue weighted by Crippen LogP contribution is -2.17. The van der Waals surface area contributed by atoms with E-state index in [-0.39, 0.29) is 18.4 Å². The molecule has 0 aliphatic heterocycles. The molecule has 0 saturated heterocycles. The van der Waals surface area contributed by atoms with Gasteiger partial charge in [0.2, 0.25) is 0 Å². The van der Waals surface area contributed by atoms with Gasteiger partial charge in [0, 0.05) is 12.8 Å². The zero-order valence-corrected chi connectivity index (χ0v) is 15.1. The van der Waals surface area contributed by atoms with E-state index in [0.29, 0.717) is 32.0 Å². The third kappa shape index (κ3) is 8.71. The molecule has 0 aromatic heterocycles. The molecule has 4 heteroatoms. The van der Waals surface area contributed by atoms with Crippen molar-refractivity contribution in [3.63, 3.8) is 0 Å². The summed E-state index contributed by atoms with van der Waals surface area (Å²) in [5.74, 6) is 0.114. The first-order valence-electron chi connectivity index (χ1n) is 9.59. The third-order valence-electron chi connectivity index (χ3n) is 4.68. The van der Waals surface area contributed by atoms with E-state index in [1.165, 1.54) is 37.7 Å². The zero-order valence-electron chi connectivity index (χ0n) is 15.1. The van der Waals surface area contributed by atoms with Crippen molar-refractivity contribution in [2.45, 2.75) is 64.2 Å². The van der Waals surface area contributed by atoms with E-state index in [0.717, 1.165) is 12.8 Å². The maximum atomic E-state index is 11.7. The van der Waals surface area contributed by atoms with Gasteiger partial charge in [0.05, 0.1) is 13.2 Å². The average molecular weight is 346 g/mol. The Morgan fingerprint density at radius 3 is 2.28 bits per heavy atom. The summed E-state index contributed by atoms with van der Waals surface area (Å²) >= 11 is 0. The molecule has 2 rings (SSSR count). The first kappa shape index (κ1) is 19.5. The molecule has 0 heterocycles. The smallest absolute Gasteiger partial charge is 0.305 e. The van der Waals surface area contributed by atoms with Crippen molar-refractivity contribution in [2.24, 2.45) is 5.92 Å². The van der Waals surface area contributed by atoms with Gasteiger partial charge < -0.3 is 9.47 Å². The number of rotatable bonds is 10. The lowest BCUT2D eigenvalue weighted by molar-refractivity contribution is -0.146. The fraction of sp³-hybridized carbons (Fsp3) is 0.619. The van der Waals surface area contributed by atoms with Gasteiger partial charge in [-0.3, -0.25) is 9.59 Å². The van der Waals surface area contributed by atoms with Gasteiger partial charge in [-0.1, -0.05) is 49.6 Å². The molecular formula is C21H30O4. The molecule has 4 nitrogen and oxygen atoms in total. The SMILES string of the molecule is O=C(CCCC(=O)OCC1CCCCC1)OCCCc1ccccc1. The topological polar surface area (TPSA) is 52.6 Å². The highest BCUT2D eigenvalue weighted by molar-refractivity contribution is 5.72. The Balaban J connectivity index is 1.45. The molecule has 0 bridgehead atoms. The summed E-state index contributed by atoms with van der Waals surface area (Å²) in [6, 6.07) is 10.1. The van der Waals surface area contributed by atoms with Crippen molar-refractivity contribution < 1.29 is 19.1 Å². The van der Waals surface area contributed by atoms with Crippen molar-refractivity contribution in [3.8, 4) is 0 Å². The minimum absolute atomic E-state index is 0.192. The van der Waals surface area contributed by atoms with Crippen LogP contribution in [0.5, 0.6) is 0 Å². The van der Waals surface area contributed by atoms with Crippen molar-refractivity contribution in [1.29, 1.82) is 0 Å². The maximum Gasteiger partial charge on any atom is 0.305 e. The predicted octanol–water partition coefficient (Wildman–Crippen LogP) is 4.46. The van der Waals surface area contributed by atoms with Crippen LogP contribution in [0, 0.1) is 5.92 Å². The van der Waals surface area contributed by atoms with E-state index >= 15 is 0 Å². The van der Waals surface area contributed by atoms with Crippen molar-refractivity contribution in [3.05, 3.63) is 35.9 Å². The van der Waals surface area contributed by atoms with Crippen LogP contribution in [-0.2, 0) is 25.5 Å². The molecule has 0 radical (unpaired) electrons. The summed E-state index contributed by atoms with van der Waals surface area (Å²) in [4.78, 5) is 23.4. The van der Waals surface area contributed by atoms with Crippen LogP contribution in [-0.4, -0.2) is 25.2 Å². The maximum absolute atomic E-state index is 11.7. The number of hydrogen-bond acceptors (Lipinski definition) is 4. The molecule has 0 spiro atoms. The summed E-state index contributed by atoms with van der Waals surface area (Å²) in [6.07, 6.45) is 8.94. The molecule has 1 aromatic carbocycles. The van der Waals surface area contributed by atoms with Crippen molar-refractivity contribution in [1.82, 2.24) is 0 Å². The summed E-state index contributed by atoms with van der Waals surface area (Å²) in [5, 5.41) is 0. The van der Waals surface area contributed by atoms with E-state index in [4.69, 9.17) is 9.47 Å². The van der Waals surface area contributed by atoms with Gasteiger partial charge in [0.25, 0.3) is 0 Å². The molecule has 138 valence electrons. The Bertz CT molecular complexity index is 506. The second-order valence-electron chi connectivity index (χ2n) is 6.85. The van der Waals surface area contributed by atoms with Gasteiger partial charge in [0.1, 0.15) is 0 Å². The van der Waals surface area contributed by atoms with Gasteiger partial charge in [-0.2, -0.15) is 0 Å². The monoisotopic (exact) mass is 346 g/mol. The molecule has 0 amide bonds. The van der Waals surface area contributed by atoms with Crippen LogP contribution in [0.25, 0.3) is 0 Å². The first-order valence-corrected chi connectivity index (χ1v) is 9.59. The highest BCUT2D eigenvalue weighted by Crippen LogP contribution is 2.23. The highest BCUT2D eigenvalue weighted by Gasteiger charge is 2.15. The zero-order chi connectivity index (χ0) is 17.7. The van der Waals surface area contributed by atoms with Gasteiger partial charge in [-0.15, -0.1) is 0 Å². The quantitative estimate of drug-likeness (QED) is 0.464. The Morgan fingerprint density at radius 2 is 1.56 bits per heavy atom. The van der Waals surface area contributed by atoms with E-state index in [1.807, 2.05) is 18.2 Å². The van der Waals surface area contributed by atoms with Crippen molar-refractivity contribution >= 4 is 11.9 Å². The number of hydrogen-bond donors (Lipinski definition) is 0. The van der Waals surface area contributed by atoms with Crippen LogP contribution in [0.15, 0.2) is 30.3 Å². The minimum atomic E-state index is -0.229. The van der Waals surface area contributed by atoms with E-state index in [9.17, 15) is 9.59 Å². The number of esters is 2. The molecule has 1 aromatic rings. The van der Waals surface area contributed by atoms with Gasteiger partial charge in [-0.25, -0.2) is 0 Å². The standard InChI is InChI=1S/C21H30O4/c22-20(24-16-8-13-18-9-3-1-4-10-18)14-7-15-21(23)25-17-19-11-5-2-6-12-19/h1,3-4,9-10,19H,2,5-8,11-17H2. The van der Waals surface area contributed by atoms with Gasteiger partial charge >= 0.3 is 11.9 Å². The fourth-order valence-electron chi connectivity index (χ4n) is 3.19. The summed E-state index contributed by atoms with van der Waals surface area (Å²) in [5.41, 5.74) is 1.25. The van der Waals surface area contributed by atoms with Crippen LogP contribution in [0.4, 0.5) is 0 Å². The molecule has 1 saturated carbocycles. The summed E-state index contributed by atoms with van der Waals surface area (Å²) < 4.78 is 10.5. The van der Waals surface area contributed by atoms with E-state index < -0.39 is 0 Å². The lowest BCUT2D eigenvalue weighted by atomic mass is 9.90. The number of carbonyl (C=O) groups excluding carboxylic acids is 2. The highest BCUT2D eigenvalue weighted by atomic mass is 16.5. The number of ether oxygens (including phenoxy) is 2. The van der Waals surface area contributed by atoms with Crippen LogP contribution in [0.3, 0.4) is 0 Å². The number of benzene rings is 1. The molecular weight excluding hydrogens is 316 g/mol. The number of aryl methyl sites for hydroxylation is 1. The van der Waals surface area contributed by atoms with Gasteiger partial charge in [-0.05, 0) is 43.6 Å². The average Bonchev–Trinajstić information content (AvgIpc) is 2.65. The Morgan fingerprint density at radius 1 is 0.880 bits per heavy atom. The summed E-state index contributed by atoms with van der Waals surface area (Å²) in [7, 11) is 0. The normalized spacial score (nSPS) is 14.9. The second-order valence-corrected chi connectivity index (χ2v) is 6.85. The van der Waals surface area contributed by atoms with Crippen LogP contribution in [0.1, 0.15) is 63.4 Å². The number of carbonyl (C=O) groups is 2. The van der Waals surface area contributed by atoms with E-state index in [2.05, 4.69) is 12.1 Å². The molecule has 1 aliphatic rings. The second kappa shape index (κ2) is 11.7. The van der Waals surface area contributed by atoms with Crippen LogP contribution in [0.2, 0.25) is 0 Å². The Kier molecular flexibility index (Phi) is 9.09. The summed E-state index contributed by atoms with van der Waals surface area (Å²) in [6.45, 7) is 0.975. The molecule has 25 heavy (non-hydrogen) atoms. The first-order chi connectivity index (χ1) is 12.2. The van der Waals surface area contributed by atoms with E-state index in [1.54, 1.807) is 0 Å². The third-order valence-corrected chi connectivity index (χ3v) is 4.68. The van der Waals surface area contributed by atoms with Gasteiger partial charge in [0.15, 0.2) is 0 Å².